The number of hydrogen-bond donors (Lipinski definition) is 1. The van der Waals surface area contributed by atoms with E-state index in [9.17, 15) is 18.0 Å². The standard InChI is InChI=1S/C22H25N3O5S/c26-21-11-17(13-25(21)19-7-9-31(28,29)15-19)22(27)24-12-16-4-3-6-20(10-16)30-14-18-5-1-2-8-23-18/h1-6,8,10,17,19H,7,9,11-15H2,(H,24,27)/t17-,19-/m0/s1. The SMILES string of the molecule is O=C(NCc1cccc(OCc2ccccn2)c1)[C@H]1CC(=O)N([C@H]2CCS(=O)(=O)C2)C1. The molecule has 3 heterocycles. The van der Waals surface area contributed by atoms with Gasteiger partial charge in [0.15, 0.2) is 9.84 Å². The van der Waals surface area contributed by atoms with E-state index >= 15 is 0 Å². The number of pyridine rings is 1. The van der Waals surface area contributed by atoms with E-state index in [1.54, 1.807) is 11.1 Å². The number of ether oxygens (including phenoxy) is 1. The fourth-order valence-corrected chi connectivity index (χ4v) is 5.73. The topological polar surface area (TPSA) is 106 Å². The molecule has 31 heavy (non-hydrogen) atoms. The van der Waals surface area contributed by atoms with Crippen molar-refractivity contribution >= 4 is 21.7 Å². The highest BCUT2D eigenvalue weighted by Crippen LogP contribution is 2.26. The number of hydrogen-bond acceptors (Lipinski definition) is 6. The summed E-state index contributed by atoms with van der Waals surface area (Å²) in [5.74, 6) is -0.0137. The van der Waals surface area contributed by atoms with Crippen molar-refractivity contribution in [3.05, 3.63) is 59.9 Å². The van der Waals surface area contributed by atoms with E-state index < -0.39 is 15.8 Å². The molecule has 1 aromatic heterocycles. The molecular formula is C22H25N3O5S. The van der Waals surface area contributed by atoms with E-state index in [2.05, 4.69) is 10.3 Å². The zero-order valence-electron chi connectivity index (χ0n) is 17.1. The van der Waals surface area contributed by atoms with Gasteiger partial charge in [-0.05, 0) is 36.2 Å². The van der Waals surface area contributed by atoms with E-state index in [4.69, 9.17) is 4.74 Å². The number of benzene rings is 1. The zero-order chi connectivity index (χ0) is 21.8. The van der Waals surface area contributed by atoms with E-state index in [0.29, 0.717) is 25.3 Å². The van der Waals surface area contributed by atoms with Gasteiger partial charge in [0, 0.05) is 31.7 Å². The van der Waals surface area contributed by atoms with Crippen molar-refractivity contribution < 1.29 is 22.7 Å². The molecular weight excluding hydrogens is 418 g/mol. The number of sulfone groups is 1. The molecule has 1 N–H and O–H groups in total. The second kappa shape index (κ2) is 9.05. The molecule has 2 aliphatic heterocycles. The third-order valence-electron chi connectivity index (χ3n) is 5.66. The van der Waals surface area contributed by atoms with E-state index in [-0.39, 0.29) is 42.3 Å². The van der Waals surface area contributed by atoms with Crippen LogP contribution in [0, 0.1) is 5.92 Å². The van der Waals surface area contributed by atoms with Crippen LogP contribution in [-0.2, 0) is 32.6 Å². The van der Waals surface area contributed by atoms with Gasteiger partial charge < -0.3 is 15.0 Å². The predicted octanol–water partition coefficient (Wildman–Crippen LogP) is 1.31. The summed E-state index contributed by atoms with van der Waals surface area (Å²) in [6, 6.07) is 12.8. The molecule has 0 bridgehead atoms. The van der Waals surface area contributed by atoms with E-state index in [1.165, 1.54) is 0 Å². The van der Waals surface area contributed by atoms with Crippen molar-refractivity contribution in [2.75, 3.05) is 18.1 Å². The molecule has 1 aromatic carbocycles. The summed E-state index contributed by atoms with van der Waals surface area (Å²) in [5.41, 5.74) is 1.71. The maximum absolute atomic E-state index is 12.6. The number of nitrogens with one attached hydrogen (secondary N) is 1. The van der Waals surface area contributed by atoms with Gasteiger partial charge >= 0.3 is 0 Å². The summed E-state index contributed by atoms with van der Waals surface area (Å²) in [4.78, 5) is 30.7. The zero-order valence-corrected chi connectivity index (χ0v) is 17.9. The summed E-state index contributed by atoms with van der Waals surface area (Å²) < 4.78 is 29.2. The van der Waals surface area contributed by atoms with Crippen LogP contribution in [0.2, 0.25) is 0 Å². The monoisotopic (exact) mass is 443 g/mol. The number of rotatable bonds is 7. The molecule has 2 saturated heterocycles. The van der Waals surface area contributed by atoms with E-state index in [0.717, 1.165) is 11.3 Å². The van der Waals surface area contributed by atoms with Gasteiger partial charge in [0.1, 0.15) is 12.4 Å². The summed E-state index contributed by atoms with van der Waals surface area (Å²) in [5, 5.41) is 2.89. The Bertz CT molecular complexity index is 1060. The van der Waals surface area contributed by atoms with Crippen LogP contribution < -0.4 is 10.1 Å². The minimum Gasteiger partial charge on any atom is -0.487 e. The van der Waals surface area contributed by atoms with Crippen molar-refractivity contribution in [3.63, 3.8) is 0 Å². The first-order chi connectivity index (χ1) is 14.9. The highest BCUT2D eigenvalue weighted by atomic mass is 32.2. The van der Waals surface area contributed by atoms with Crippen LogP contribution in [-0.4, -0.2) is 54.2 Å². The molecule has 0 radical (unpaired) electrons. The van der Waals surface area contributed by atoms with Gasteiger partial charge in [0.2, 0.25) is 11.8 Å². The second-order valence-corrected chi connectivity index (χ2v) is 10.2. The van der Waals surface area contributed by atoms with Crippen LogP contribution in [0.4, 0.5) is 0 Å². The average Bonchev–Trinajstić information content (AvgIpc) is 3.33. The smallest absolute Gasteiger partial charge is 0.225 e. The van der Waals surface area contributed by atoms with Crippen LogP contribution >= 0.6 is 0 Å². The summed E-state index contributed by atoms with van der Waals surface area (Å²) in [6.07, 6.45) is 2.29. The third kappa shape index (κ3) is 5.41. The van der Waals surface area contributed by atoms with Crippen LogP contribution in [0.3, 0.4) is 0 Å². The molecule has 164 valence electrons. The summed E-state index contributed by atoms with van der Waals surface area (Å²) in [7, 11) is -3.08. The first-order valence-electron chi connectivity index (χ1n) is 10.3. The quantitative estimate of drug-likeness (QED) is 0.692. The van der Waals surface area contributed by atoms with Gasteiger partial charge in [0.25, 0.3) is 0 Å². The number of carbonyl (C=O) groups excluding carboxylic acids is 2. The second-order valence-electron chi connectivity index (χ2n) is 7.98. The Labute approximate surface area is 181 Å². The normalized spacial score (nSPS) is 22.5. The van der Waals surface area contributed by atoms with Crippen molar-refractivity contribution in [2.24, 2.45) is 5.92 Å². The lowest BCUT2D eigenvalue weighted by atomic mass is 10.1. The van der Waals surface area contributed by atoms with Gasteiger partial charge in [-0.25, -0.2) is 8.42 Å². The minimum atomic E-state index is -3.08. The van der Waals surface area contributed by atoms with E-state index in [1.807, 2.05) is 42.5 Å². The lowest BCUT2D eigenvalue weighted by Crippen LogP contribution is -2.39. The van der Waals surface area contributed by atoms with Gasteiger partial charge in [-0.15, -0.1) is 0 Å². The highest BCUT2D eigenvalue weighted by molar-refractivity contribution is 7.91. The Hall–Kier alpha value is -2.94. The maximum Gasteiger partial charge on any atom is 0.225 e. The number of nitrogens with zero attached hydrogens (tertiary/aromatic N) is 2. The molecule has 0 saturated carbocycles. The Morgan fingerprint density at radius 2 is 2.10 bits per heavy atom. The molecule has 2 aliphatic rings. The molecule has 8 nitrogen and oxygen atoms in total. The fraction of sp³-hybridized carbons (Fsp3) is 0.409. The van der Waals surface area contributed by atoms with Crippen molar-refractivity contribution in [1.82, 2.24) is 15.2 Å². The minimum absolute atomic E-state index is 0.00161. The lowest BCUT2D eigenvalue weighted by Gasteiger charge is -2.22. The van der Waals surface area contributed by atoms with Crippen LogP contribution in [0.5, 0.6) is 5.75 Å². The Morgan fingerprint density at radius 3 is 2.84 bits per heavy atom. The number of amides is 2. The van der Waals surface area contributed by atoms with Crippen molar-refractivity contribution in [2.45, 2.75) is 32.0 Å². The lowest BCUT2D eigenvalue weighted by molar-refractivity contribution is -0.130. The number of carbonyl (C=O) groups is 2. The molecule has 2 fully saturated rings. The molecule has 4 rings (SSSR count). The summed E-state index contributed by atoms with van der Waals surface area (Å²) in [6.45, 7) is 0.952. The number of likely N-dealkylation sites (tertiary alicyclic amines) is 1. The Kier molecular flexibility index (Phi) is 6.22. The fourth-order valence-electron chi connectivity index (χ4n) is 4.00. The Balaban J connectivity index is 1.28. The summed E-state index contributed by atoms with van der Waals surface area (Å²) >= 11 is 0. The molecule has 0 aliphatic carbocycles. The van der Waals surface area contributed by atoms with Gasteiger partial charge in [0.05, 0.1) is 23.1 Å². The molecule has 0 spiro atoms. The first kappa shape index (κ1) is 21.3. The third-order valence-corrected chi connectivity index (χ3v) is 7.41. The van der Waals surface area contributed by atoms with Crippen molar-refractivity contribution in [3.8, 4) is 5.75 Å². The highest BCUT2D eigenvalue weighted by Gasteiger charge is 2.41. The van der Waals surface area contributed by atoms with Crippen LogP contribution in [0.25, 0.3) is 0 Å². The molecule has 2 amide bonds. The van der Waals surface area contributed by atoms with Gasteiger partial charge in [-0.2, -0.15) is 0 Å². The number of aromatic nitrogens is 1. The van der Waals surface area contributed by atoms with Gasteiger partial charge in [-0.3, -0.25) is 14.6 Å². The van der Waals surface area contributed by atoms with Crippen molar-refractivity contribution in [1.29, 1.82) is 0 Å². The maximum atomic E-state index is 12.6. The first-order valence-corrected chi connectivity index (χ1v) is 12.1. The molecule has 0 unspecified atom stereocenters. The molecule has 9 heteroatoms. The van der Waals surface area contributed by atoms with Crippen LogP contribution in [0.1, 0.15) is 24.1 Å². The van der Waals surface area contributed by atoms with Crippen LogP contribution in [0.15, 0.2) is 48.7 Å². The van der Waals surface area contributed by atoms with Gasteiger partial charge in [-0.1, -0.05) is 18.2 Å². The average molecular weight is 444 g/mol. The Morgan fingerprint density at radius 1 is 1.23 bits per heavy atom. The predicted molar refractivity (Wildman–Crippen MR) is 114 cm³/mol. The molecule has 2 atom stereocenters. The molecule has 2 aromatic rings. The largest absolute Gasteiger partial charge is 0.487 e.